The van der Waals surface area contributed by atoms with Crippen molar-refractivity contribution < 1.29 is 0 Å². The first-order valence-corrected chi connectivity index (χ1v) is 3.48. The minimum Gasteiger partial charge on any atom is -0.357 e. The molecule has 1 aromatic rings. The van der Waals surface area contributed by atoms with E-state index in [4.69, 9.17) is 5.73 Å². The Labute approximate surface area is 66.4 Å². The van der Waals surface area contributed by atoms with Crippen molar-refractivity contribution in [3.63, 3.8) is 0 Å². The van der Waals surface area contributed by atoms with Crippen molar-refractivity contribution in [3.05, 3.63) is 36.2 Å². The highest BCUT2D eigenvalue weighted by Crippen LogP contribution is 2.12. The van der Waals surface area contributed by atoms with Gasteiger partial charge in [0.15, 0.2) is 0 Å². The molecule has 1 rings (SSSR count). The lowest BCUT2D eigenvalue weighted by Gasteiger charge is -1.87. The van der Waals surface area contributed by atoms with Crippen molar-refractivity contribution in [3.8, 4) is 0 Å². The second-order valence-corrected chi connectivity index (χ2v) is 2.28. The van der Waals surface area contributed by atoms with Crippen molar-refractivity contribution >= 4 is 12.2 Å². The highest BCUT2D eigenvalue weighted by atomic mass is 14.8. The maximum Gasteiger partial charge on any atom is 0.0450 e. The Hall–Kier alpha value is -1.28. The SMILES string of the molecule is C=Cc1cc(CN)[nH]c1C=C. The van der Waals surface area contributed by atoms with Crippen LogP contribution in [0, 0.1) is 0 Å². The van der Waals surface area contributed by atoms with Crippen LogP contribution in [0.1, 0.15) is 17.0 Å². The maximum absolute atomic E-state index is 5.44. The fraction of sp³-hybridized carbons (Fsp3) is 0.111. The molecule has 0 aliphatic rings. The van der Waals surface area contributed by atoms with Gasteiger partial charge in [-0.1, -0.05) is 19.2 Å². The van der Waals surface area contributed by atoms with Crippen molar-refractivity contribution in [1.29, 1.82) is 0 Å². The van der Waals surface area contributed by atoms with Crippen LogP contribution in [0.3, 0.4) is 0 Å². The average Bonchev–Trinajstić information content (AvgIpc) is 2.46. The number of H-pyrrole nitrogens is 1. The van der Waals surface area contributed by atoms with Crippen LogP contribution in [0.2, 0.25) is 0 Å². The van der Waals surface area contributed by atoms with Gasteiger partial charge < -0.3 is 10.7 Å². The summed E-state index contributed by atoms with van der Waals surface area (Å²) < 4.78 is 0. The molecule has 0 radical (unpaired) electrons. The van der Waals surface area contributed by atoms with Gasteiger partial charge >= 0.3 is 0 Å². The molecule has 0 saturated carbocycles. The van der Waals surface area contributed by atoms with Gasteiger partial charge in [-0.2, -0.15) is 0 Å². The van der Waals surface area contributed by atoms with Gasteiger partial charge in [-0.25, -0.2) is 0 Å². The molecular weight excluding hydrogens is 136 g/mol. The van der Waals surface area contributed by atoms with E-state index in [9.17, 15) is 0 Å². The molecular formula is C9H12N2. The summed E-state index contributed by atoms with van der Waals surface area (Å²) in [5.41, 5.74) is 8.49. The normalized spacial score (nSPS) is 9.55. The number of nitrogens with one attached hydrogen (secondary N) is 1. The van der Waals surface area contributed by atoms with Crippen molar-refractivity contribution in [1.82, 2.24) is 4.98 Å². The Kier molecular flexibility index (Phi) is 2.28. The van der Waals surface area contributed by atoms with Gasteiger partial charge in [0.05, 0.1) is 0 Å². The molecule has 0 aliphatic heterocycles. The molecule has 0 saturated heterocycles. The van der Waals surface area contributed by atoms with Gasteiger partial charge in [-0.15, -0.1) is 0 Å². The molecule has 0 aromatic carbocycles. The molecule has 1 heterocycles. The quantitative estimate of drug-likeness (QED) is 0.673. The van der Waals surface area contributed by atoms with E-state index in [-0.39, 0.29) is 0 Å². The van der Waals surface area contributed by atoms with Crippen LogP contribution in [-0.2, 0) is 6.54 Å². The third kappa shape index (κ3) is 1.41. The first-order valence-electron chi connectivity index (χ1n) is 3.48. The average molecular weight is 148 g/mol. The van der Waals surface area contributed by atoms with E-state index in [0.717, 1.165) is 17.0 Å². The lowest BCUT2D eigenvalue weighted by molar-refractivity contribution is 1.01. The number of aromatic nitrogens is 1. The van der Waals surface area contributed by atoms with Gasteiger partial charge in [0, 0.05) is 17.9 Å². The fourth-order valence-electron chi connectivity index (χ4n) is 0.994. The summed E-state index contributed by atoms with van der Waals surface area (Å²) in [6.07, 6.45) is 3.54. The van der Waals surface area contributed by atoms with E-state index < -0.39 is 0 Å². The predicted octanol–water partition coefficient (Wildman–Crippen LogP) is 1.76. The highest BCUT2D eigenvalue weighted by molar-refractivity contribution is 5.61. The van der Waals surface area contributed by atoms with Crippen LogP contribution in [0.25, 0.3) is 12.2 Å². The number of nitrogens with two attached hydrogens (primary N) is 1. The number of aromatic amines is 1. The molecule has 2 heteroatoms. The zero-order valence-electron chi connectivity index (χ0n) is 6.43. The maximum atomic E-state index is 5.44. The molecule has 0 atom stereocenters. The molecule has 0 bridgehead atoms. The van der Waals surface area contributed by atoms with Crippen molar-refractivity contribution in [2.45, 2.75) is 6.54 Å². The van der Waals surface area contributed by atoms with Crippen LogP contribution in [0.5, 0.6) is 0 Å². The third-order valence-electron chi connectivity index (χ3n) is 1.58. The standard InChI is InChI=1S/C9H12N2/c1-3-7-5-8(6-10)11-9(7)4-2/h3-5,11H,1-2,6,10H2. The molecule has 0 spiro atoms. The summed E-state index contributed by atoms with van der Waals surface area (Å²) in [5.74, 6) is 0. The lowest BCUT2D eigenvalue weighted by Crippen LogP contribution is -1.95. The lowest BCUT2D eigenvalue weighted by atomic mass is 10.2. The zero-order chi connectivity index (χ0) is 8.27. The molecule has 58 valence electrons. The molecule has 11 heavy (non-hydrogen) atoms. The molecule has 1 aromatic heterocycles. The Morgan fingerprint density at radius 2 is 2.18 bits per heavy atom. The molecule has 0 fully saturated rings. The van der Waals surface area contributed by atoms with Gasteiger partial charge in [0.2, 0.25) is 0 Å². The second kappa shape index (κ2) is 3.21. The summed E-state index contributed by atoms with van der Waals surface area (Å²) in [7, 11) is 0. The van der Waals surface area contributed by atoms with Gasteiger partial charge in [-0.05, 0) is 17.7 Å². The van der Waals surface area contributed by atoms with Crippen LogP contribution in [-0.4, -0.2) is 4.98 Å². The Morgan fingerprint density at radius 1 is 1.45 bits per heavy atom. The largest absolute Gasteiger partial charge is 0.357 e. The smallest absolute Gasteiger partial charge is 0.0450 e. The van der Waals surface area contributed by atoms with E-state index in [1.54, 1.807) is 12.2 Å². The second-order valence-electron chi connectivity index (χ2n) is 2.28. The highest BCUT2D eigenvalue weighted by Gasteiger charge is 1.99. The minimum atomic E-state index is 0.522. The number of rotatable bonds is 3. The summed E-state index contributed by atoms with van der Waals surface area (Å²) in [6, 6.07) is 1.98. The summed E-state index contributed by atoms with van der Waals surface area (Å²) in [4.78, 5) is 3.12. The van der Waals surface area contributed by atoms with Gasteiger partial charge in [0.25, 0.3) is 0 Å². The Morgan fingerprint density at radius 3 is 2.55 bits per heavy atom. The third-order valence-corrected chi connectivity index (χ3v) is 1.58. The van der Waals surface area contributed by atoms with Gasteiger partial charge in [0.1, 0.15) is 0 Å². The zero-order valence-corrected chi connectivity index (χ0v) is 6.43. The van der Waals surface area contributed by atoms with E-state index in [2.05, 4.69) is 18.1 Å². The molecule has 2 nitrogen and oxygen atoms in total. The van der Waals surface area contributed by atoms with Crippen molar-refractivity contribution in [2.75, 3.05) is 0 Å². The molecule has 0 aliphatic carbocycles. The summed E-state index contributed by atoms with van der Waals surface area (Å²) >= 11 is 0. The fourth-order valence-corrected chi connectivity index (χ4v) is 0.994. The topological polar surface area (TPSA) is 41.8 Å². The monoisotopic (exact) mass is 148 g/mol. The Balaban J connectivity index is 3.11. The number of hydrogen-bond donors (Lipinski definition) is 2. The molecule has 0 amide bonds. The molecule has 0 unspecified atom stereocenters. The minimum absolute atomic E-state index is 0.522. The van der Waals surface area contributed by atoms with Crippen molar-refractivity contribution in [2.24, 2.45) is 5.73 Å². The first-order chi connectivity index (χ1) is 5.31. The number of hydrogen-bond acceptors (Lipinski definition) is 1. The Bertz CT molecular complexity index is 246. The van der Waals surface area contributed by atoms with Crippen LogP contribution >= 0.6 is 0 Å². The predicted molar refractivity (Wildman–Crippen MR) is 48.9 cm³/mol. The summed E-state index contributed by atoms with van der Waals surface area (Å²) in [6.45, 7) is 7.87. The first kappa shape index (κ1) is 7.82. The van der Waals surface area contributed by atoms with Crippen LogP contribution in [0.15, 0.2) is 19.2 Å². The van der Waals surface area contributed by atoms with Crippen LogP contribution < -0.4 is 5.73 Å². The van der Waals surface area contributed by atoms with E-state index in [1.807, 2.05) is 6.07 Å². The van der Waals surface area contributed by atoms with E-state index in [1.165, 1.54) is 0 Å². The van der Waals surface area contributed by atoms with Crippen LogP contribution in [0.4, 0.5) is 0 Å². The van der Waals surface area contributed by atoms with Gasteiger partial charge in [-0.3, -0.25) is 0 Å². The molecule has 3 N–H and O–H groups in total. The van der Waals surface area contributed by atoms with E-state index in [0.29, 0.717) is 6.54 Å². The van der Waals surface area contributed by atoms with E-state index >= 15 is 0 Å². The summed E-state index contributed by atoms with van der Waals surface area (Å²) in [5, 5.41) is 0.